The second-order valence-electron chi connectivity index (χ2n) is 7.99. The molecule has 1 aliphatic heterocycles. The highest BCUT2D eigenvalue weighted by Crippen LogP contribution is 2.33. The summed E-state index contributed by atoms with van der Waals surface area (Å²) in [6.45, 7) is 4.04. The number of hydrogen-bond acceptors (Lipinski definition) is 6. The molecule has 1 saturated heterocycles. The summed E-state index contributed by atoms with van der Waals surface area (Å²) in [5.74, 6) is 1.56. The molecule has 2 amide bonds. The van der Waals surface area contributed by atoms with Crippen LogP contribution in [0.3, 0.4) is 0 Å². The minimum absolute atomic E-state index is 0.0790. The van der Waals surface area contributed by atoms with E-state index < -0.39 is 0 Å². The molecule has 2 aromatic heterocycles. The lowest BCUT2D eigenvalue weighted by Gasteiger charge is -2.34. The van der Waals surface area contributed by atoms with E-state index in [4.69, 9.17) is 0 Å². The van der Waals surface area contributed by atoms with E-state index in [1.54, 1.807) is 23.2 Å². The van der Waals surface area contributed by atoms with Gasteiger partial charge in [0.2, 0.25) is 11.8 Å². The fourth-order valence-corrected chi connectivity index (χ4v) is 5.92. The number of piperazine rings is 1. The van der Waals surface area contributed by atoms with E-state index in [-0.39, 0.29) is 11.8 Å². The molecule has 30 heavy (non-hydrogen) atoms. The molecule has 0 unspecified atom stereocenters. The molecule has 0 N–H and O–H groups in total. The van der Waals surface area contributed by atoms with Crippen LogP contribution in [0, 0.1) is 0 Å². The molecule has 2 aliphatic rings. The number of carbonyl (C=O) groups is 2. The zero-order valence-corrected chi connectivity index (χ0v) is 19.1. The third-order valence-corrected chi connectivity index (χ3v) is 7.79. The van der Waals surface area contributed by atoms with Crippen LogP contribution in [0.1, 0.15) is 55.8 Å². The first-order valence-corrected chi connectivity index (χ1v) is 12.6. The Labute approximate surface area is 185 Å². The van der Waals surface area contributed by atoms with Gasteiger partial charge in [-0.15, -0.1) is 21.5 Å². The Bertz CT molecular complexity index is 853. The molecule has 0 radical (unpaired) electrons. The zero-order chi connectivity index (χ0) is 20.9. The molecular weight excluding hydrogens is 418 g/mol. The van der Waals surface area contributed by atoms with Crippen molar-refractivity contribution in [3.05, 3.63) is 28.2 Å². The number of thiophene rings is 1. The Morgan fingerprint density at radius 2 is 1.83 bits per heavy atom. The van der Waals surface area contributed by atoms with Crippen molar-refractivity contribution in [2.75, 3.05) is 31.9 Å². The van der Waals surface area contributed by atoms with Crippen LogP contribution in [0.15, 0.2) is 22.7 Å². The summed E-state index contributed by atoms with van der Waals surface area (Å²) in [6, 6.07) is 4.64. The molecule has 1 saturated carbocycles. The minimum Gasteiger partial charge on any atom is -0.339 e. The predicted octanol–water partition coefficient (Wildman–Crippen LogP) is 3.22. The van der Waals surface area contributed by atoms with Gasteiger partial charge in [-0.1, -0.05) is 37.1 Å². The average Bonchev–Trinajstić information content (AvgIpc) is 3.43. The van der Waals surface area contributed by atoms with Crippen LogP contribution in [0.5, 0.6) is 0 Å². The Kier molecular flexibility index (Phi) is 7.09. The van der Waals surface area contributed by atoms with Crippen molar-refractivity contribution in [2.45, 2.75) is 56.6 Å². The largest absolute Gasteiger partial charge is 0.339 e. The molecule has 9 heteroatoms. The van der Waals surface area contributed by atoms with Gasteiger partial charge < -0.3 is 14.4 Å². The number of thioether (sulfide) groups is 1. The number of hydrogen-bond donors (Lipinski definition) is 0. The summed E-state index contributed by atoms with van der Waals surface area (Å²) in [5, 5.41) is 12.0. The van der Waals surface area contributed by atoms with Gasteiger partial charge in [-0.05, 0) is 24.3 Å². The maximum atomic E-state index is 12.7. The third kappa shape index (κ3) is 5.06. The Morgan fingerprint density at radius 1 is 1.10 bits per heavy atom. The Balaban J connectivity index is 1.42. The molecule has 4 rings (SSSR count). The fraction of sp³-hybridized carbons (Fsp3) is 0.619. The summed E-state index contributed by atoms with van der Waals surface area (Å²) in [5.41, 5.74) is 0. The van der Waals surface area contributed by atoms with Crippen LogP contribution in [-0.2, 0) is 16.0 Å². The SMILES string of the molecule is CC(=O)N1CCN(C(=O)CSc2nnc(Cc3cccs3)n2C2CCCCC2)CC1. The second-order valence-corrected chi connectivity index (χ2v) is 9.97. The average molecular weight is 448 g/mol. The van der Waals surface area contributed by atoms with Crippen molar-refractivity contribution in [2.24, 2.45) is 0 Å². The van der Waals surface area contributed by atoms with Crippen molar-refractivity contribution in [3.63, 3.8) is 0 Å². The van der Waals surface area contributed by atoms with Crippen molar-refractivity contribution in [1.82, 2.24) is 24.6 Å². The van der Waals surface area contributed by atoms with Crippen molar-refractivity contribution in [3.8, 4) is 0 Å². The first kappa shape index (κ1) is 21.4. The van der Waals surface area contributed by atoms with Crippen LogP contribution in [0.4, 0.5) is 0 Å². The highest BCUT2D eigenvalue weighted by atomic mass is 32.2. The molecule has 7 nitrogen and oxygen atoms in total. The highest BCUT2D eigenvalue weighted by Gasteiger charge is 2.26. The van der Waals surface area contributed by atoms with Gasteiger partial charge in [-0.25, -0.2) is 0 Å². The number of amides is 2. The van der Waals surface area contributed by atoms with E-state index in [1.807, 2.05) is 4.90 Å². The summed E-state index contributed by atoms with van der Waals surface area (Å²) in [6.07, 6.45) is 6.89. The van der Waals surface area contributed by atoms with Gasteiger partial charge in [0.1, 0.15) is 5.82 Å². The van der Waals surface area contributed by atoms with Gasteiger partial charge >= 0.3 is 0 Å². The van der Waals surface area contributed by atoms with Gasteiger partial charge in [0.15, 0.2) is 5.16 Å². The minimum atomic E-state index is 0.0790. The van der Waals surface area contributed by atoms with Crippen LogP contribution >= 0.6 is 23.1 Å². The smallest absolute Gasteiger partial charge is 0.233 e. The monoisotopic (exact) mass is 447 g/mol. The molecular formula is C21H29N5O2S2. The number of aromatic nitrogens is 3. The van der Waals surface area contributed by atoms with Crippen LogP contribution in [0.2, 0.25) is 0 Å². The third-order valence-electron chi connectivity index (χ3n) is 5.99. The van der Waals surface area contributed by atoms with E-state index in [2.05, 4.69) is 32.3 Å². The maximum absolute atomic E-state index is 12.7. The number of carbonyl (C=O) groups excluding carboxylic acids is 2. The molecule has 0 atom stereocenters. The Morgan fingerprint density at radius 3 is 2.50 bits per heavy atom. The van der Waals surface area contributed by atoms with Crippen molar-refractivity contribution in [1.29, 1.82) is 0 Å². The molecule has 0 bridgehead atoms. The molecule has 2 fully saturated rings. The summed E-state index contributed by atoms with van der Waals surface area (Å²) in [7, 11) is 0. The molecule has 162 valence electrons. The Hall–Kier alpha value is -1.87. The van der Waals surface area contributed by atoms with Crippen molar-refractivity contribution >= 4 is 34.9 Å². The normalized spacial score (nSPS) is 18.0. The standard InChI is InChI=1S/C21H29N5O2S2/c1-16(27)24-9-11-25(12-10-24)20(28)15-30-21-23-22-19(14-18-8-5-13-29-18)26(21)17-6-3-2-4-7-17/h5,8,13,17H,2-4,6-7,9-12,14-15H2,1H3. The number of nitrogens with zero attached hydrogens (tertiary/aromatic N) is 5. The zero-order valence-electron chi connectivity index (χ0n) is 17.5. The highest BCUT2D eigenvalue weighted by molar-refractivity contribution is 7.99. The number of rotatable bonds is 6. The quantitative estimate of drug-likeness (QED) is 0.636. The van der Waals surface area contributed by atoms with Crippen LogP contribution in [-0.4, -0.2) is 68.3 Å². The van der Waals surface area contributed by atoms with E-state index in [0.717, 1.165) is 30.2 Å². The molecule has 1 aliphatic carbocycles. The van der Waals surface area contributed by atoms with Crippen LogP contribution in [0.25, 0.3) is 0 Å². The second kappa shape index (κ2) is 9.96. The van der Waals surface area contributed by atoms with E-state index in [9.17, 15) is 9.59 Å². The lowest BCUT2D eigenvalue weighted by Crippen LogP contribution is -2.50. The maximum Gasteiger partial charge on any atom is 0.233 e. The van der Waals surface area contributed by atoms with E-state index >= 15 is 0 Å². The van der Waals surface area contributed by atoms with Gasteiger partial charge in [0.05, 0.1) is 5.75 Å². The lowest BCUT2D eigenvalue weighted by atomic mass is 9.95. The topological polar surface area (TPSA) is 71.3 Å². The summed E-state index contributed by atoms with van der Waals surface area (Å²) >= 11 is 3.25. The van der Waals surface area contributed by atoms with Gasteiger partial charge in [0.25, 0.3) is 0 Å². The first-order chi connectivity index (χ1) is 14.6. The molecule has 3 heterocycles. The molecule has 0 aromatic carbocycles. The van der Waals surface area contributed by atoms with Gasteiger partial charge in [-0.2, -0.15) is 0 Å². The fourth-order valence-electron chi connectivity index (χ4n) is 4.29. The van der Waals surface area contributed by atoms with Crippen molar-refractivity contribution < 1.29 is 9.59 Å². The van der Waals surface area contributed by atoms with E-state index in [0.29, 0.717) is 38.0 Å². The molecule has 0 spiro atoms. The van der Waals surface area contributed by atoms with Crippen LogP contribution < -0.4 is 0 Å². The van der Waals surface area contributed by atoms with Gasteiger partial charge in [-0.3, -0.25) is 9.59 Å². The summed E-state index contributed by atoms with van der Waals surface area (Å²) < 4.78 is 2.31. The molecule has 2 aromatic rings. The van der Waals surface area contributed by atoms with E-state index in [1.165, 1.54) is 35.9 Å². The lowest BCUT2D eigenvalue weighted by molar-refractivity contribution is -0.136. The summed E-state index contributed by atoms with van der Waals surface area (Å²) in [4.78, 5) is 29.2. The first-order valence-electron chi connectivity index (χ1n) is 10.7. The van der Waals surface area contributed by atoms with Gasteiger partial charge in [0, 0.05) is 50.4 Å². The predicted molar refractivity (Wildman–Crippen MR) is 119 cm³/mol.